The van der Waals surface area contributed by atoms with Crippen molar-refractivity contribution in [3.05, 3.63) is 77.8 Å². The van der Waals surface area contributed by atoms with E-state index in [1.54, 1.807) is 62.8 Å². The first-order valence-corrected chi connectivity index (χ1v) is 8.61. The Morgan fingerprint density at radius 3 is 2.36 bits per heavy atom. The lowest BCUT2D eigenvalue weighted by atomic mass is 10.2. The van der Waals surface area contributed by atoms with E-state index in [-0.39, 0.29) is 18.3 Å². The molecule has 0 bridgehead atoms. The molecule has 0 aliphatic heterocycles. The molecule has 0 unspecified atom stereocenters. The van der Waals surface area contributed by atoms with Crippen LogP contribution in [-0.2, 0) is 11.3 Å². The lowest BCUT2D eigenvalue weighted by Crippen LogP contribution is -2.19. The Labute approximate surface area is 162 Å². The SMILES string of the molecule is COc1cc(/C=C/C(=O)NCc2ccc(-c3ccc(F)cc3)o2)cc(OC)c1. The molecule has 0 spiro atoms. The molecule has 0 saturated heterocycles. The molecule has 1 aromatic heterocycles. The maximum absolute atomic E-state index is 13.0. The van der Waals surface area contributed by atoms with E-state index in [4.69, 9.17) is 13.9 Å². The summed E-state index contributed by atoms with van der Waals surface area (Å²) in [6.45, 7) is 0.242. The van der Waals surface area contributed by atoms with Crippen molar-refractivity contribution in [2.45, 2.75) is 6.54 Å². The third-order valence-electron chi connectivity index (χ3n) is 4.03. The number of carbonyl (C=O) groups is 1. The van der Waals surface area contributed by atoms with Crippen molar-refractivity contribution in [2.75, 3.05) is 14.2 Å². The minimum absolute atomic E-state index is 0.242. The molecule has 0 saturated carbocycles. The number of rotatable bonds is 7. The van der Waals surface area contributed by atoms with E-state index < -0.39 is 0 Å². The number of furan rings is 1. The maximum Gasteiger partial charge on any atom is 0.244 e. The number of methoxy groups -OCH3 is 2. The molecule has 1 N–H and O–H groups in total. The Hall–Kier alpha value is -3.54. The fraction of sp³-hybridized carbons (Fsp3) is 0.136. The average molecular weight is 381 g/mol. The van der Waals surface area contributed by atoms with Gasteiger partial charge in [-0.15, -0.1) is 0 Å². The van der Waals surface area contributed by atoms with Gasteiger partial charge in [0.25, 0.3) is 0 Å². The molecule has 0 fully saturated rings. The minimum Gasteiger partial charge on any atom is -0.497 e. The fourth-order valence-electron chi connectivity index (χ4n) is 2.57. The summed E-state index contributed by atoms with van der Waals surface area (Å²) in [6, 6.07) is 14.9. The van der Waals surface area contributed by atoms with Gasteiger partial charge in [-0.25, -0.2) is 4.39 Å². The third kappa shape index (κ3) is 5.01. The third-order valence-corrected chi connectivity index (χ3v) is 4.03. The van der Waals surface area contributed by atoms with Crippen LogP contribution in [0.25, 0.3) is 17.4 Å². The largest absolute Gasteiger partial charge is 0.497 e. The quantitative estimate of drug-likeness (QED) is 0.615. The zero-order valence-corrected chi connectivity index (χ0v) is 15.6. The molecule has 3 aromatic rings. The number of hydrogen-bond donors (Lipinski definition) is 1. The van der Waals surface area contributed by atoms with Crippen molar-refractivity contribution < 1.29 is 23.1 Å². The number of ether oxygens (including phenoxy) is 2. The predicted molar refractivity (Wildman–Crippen MR) is 105 cm³/mol. The highest BCUT2D eigenvalue weighted by molar-refractivity contribution is 5.91. The van der Waals surface area contributed by atoms with Gasteiger partial charge < -0.3 is 19.2 Å². The molecule has 0 aliphatic carbocycles. The van der Waals surface area contributed by atoms with Crippen molar-refractivity contribution in [3.8, 4) is 22.8 Å². The van der Waals surface area contributed by atoms with E-state index in [1.807, 2.05) is 0 Å². The van der Waals surface area contributed by atoms with Crippen LogP contribution in [0.3, 0.4) is 0 Å². The van der Waals surface area contributed by atoms with E-state index in [0.29, 0.717) is 23.0 Å². The van der Waals surface area contributed by atoms with E-state index in [0.717, 1.165) is 11.1 Å². The zero-order valence-electron chi connectivity index (χ0n) is 15.6. The van der Waals surface area contributed by atoms with Gasteiger partial charge in [0, 0.05) is 17.7 Å². The summed E-state index contributed by atoms with van der Waals surface area (Å²) in [7, 11) is 3.14. The monoisotopic (exact) mass is 381 g/mol. The predicted octanol–water partition coefficient (Wildman–Crippen LogP) is 4.43. The standard InChI is InChI=1S/C22H20FNO4/c1-26-19-11-15(12-20(13-19)27-2)3-10-22(25)24-14-18-8-9-21(28-18)16-4-6-17(23)7-5-16/h3-13H,14H2,1-2H3,(H,24,25)/b10-3+. The summed E-state index contributed by atoms with van der Waals surface area (Å²) in [4.78, 5) is 12.1. The Balaban J connectivity index is 1.59. The van der Waals surface area contributed by atoms with E-state index in [9.17, 15) is 9.18 Å². The highest BCUT2D eigenvalue weighted by Gasteiger charge is 2.06. The second-order valence-electron chi connectivity index (χ2n) is 5.97. The Morgan fingerprint density at radius 2 is 1.71 bits per heavy atom. The molecular formula is C22H20FNO4. The first-order valence-electron chi connectivity index (χ1n) is 8.61. The van der Waals surface area contributed by atoms with Gasteiger partial charge >= 0.3 is 0 Å². The van der Waals surface area contributed by atoms with Crippen LogP contribution in [0.2, 0.25) is 0 Å². The van der Waals surface area contributed by atoms with E-state index in [2.05, 4.69) is 5.32 Å². The molecule has 5 nitrogen and oxygen atoms in total. The second-order valence-corrected chi connectivity index (χ2v) is 5.97. The van der Waals surface area contributed by atoms with Gasteiger partial charge in [-0.05, 0) is 60.2 Å². The van der Waals surface area contributed by atoms with Crippen molar-refractivity contribution in [3.63, 3.8) is 0 Å². The summed E-state index contributed by atoms with van der Waals surface area (Å²) in [5.74, 6) is 1.93. The van der Waals surface area contributed by atoms with E-state index >= 15 is 0 Å². The smallest absolute Gasteiger partial charge is 0.244 e. The van der Waals surface area contributed by atoms with Gasteiger partial charge in [-0.2, -0.15) is 0 Å². The van der Waals surface area contributed by atoms with Gasteiger partial charge in [0.1, 0.15) is 28.8 Å². The van der Waals surface area contributed by atoms with Crippen LogP contribution in [0.4, 0.5) is 4.39 Å². The van der Waals surface area contributed by atoms with Crippen LogP contribution >= 0.6 is 0 Å². The van der Waals surface area contributed by atoms with Crippen molar-refractivity contribution in [1.29, 1.82) is 0 Å². The number of halogens is 1. The molecule has 6 heteroatoms. The van der Waals surface area contributed by atoms with Crippen LogP contribution in [0.15, 0.2) is 65.1 Å². The Kier molecular flexibility index (Phi) is 6.11. The summed E-state index contributed by atoms with van der Waals surface area (Å²) < 4.78 is 29.1. The summed E-state index contributed by atoms with van der Waals surface area (Å²) in [5, 5.41) is 2.76. The van der Waals surface area contributed by atoms with Gasteiger partial charge in [-0.3, -0.25) is 4.79 Å². The number of nitrogens with one attached hydrogen (secondary N) is 1. The maximum atomic E-state index is 13.0. The highest BCUT2D eigenvalue weighted by atomic mass is 19.1. The molecule has 0 atom stereocenters. The number of hydrogen-bond acceptors (Lipinski definition) is 4. The molecule has 1 heterocycles. The Bertz CT molecular complexity index is 954. The molecule has 0 radical (unpaired) electrons. The van der Waals surface area contributed by atoms with Gasteiger partial charge in [0.15, 0.2) is 0 Å². The van der Waals surface area contributed by atoms with Crippen molar-refractivity contribution >= 4 is 12.0 Å². The Morgan fingerprint density at radius 1 is 1.04 bits per heavy atom. The molecule has 0 aliphatic rings. The van der Waals surface area contributed by atoms with Gasteiger partial charge in [0.2, 0.25) is 5.91 Å². The summed E-state index contributed by atoms with van der Waals surface area (Å²) in [6.07, 6.45) is 3.10. The molecule has 144 valence electrons. The van der Waals surface area contributed by atoms with Crippen LogP contribution in [0.5, 0.6) is 11.5 Å². The highest BCUT2D eigenvalue weighted by Crippen LogP contribution is 2.24. The topological polar surface area (TPSA) is 60.7 Å². The lowest BCUT2D eigenvalue weighted by molar-refractivity contribution is -0.116. The van der Waals surface area contributed by atoms with Crippen molar-refractivity contribution in [2.24, 2.45) is 0 Å². The van der Waals surface area contributed by atoms with Crippen LogP contribution in [-0.4, -0.2) is 20.1 Å². The minimum atomic E-state index is -0.303. The lowest BCUT2D eigenvalue weighted by Gasteiger charge is -2.05. The first kappa shape index (κ1) is 19.2. The second kappa shape index (κ2) is 8.90. The number of carbonyl (C=O) groups excluding carboxylic acids is 1. The summed E-state index contributed by atoms with van der Waals surface area (Å²) >= 11 is 0. The first-order chi connectivity index (χ1) is 13.6. The fourth-order valence-corrected chi connectivity index (χ4v) is 2.57. The van der Waals surface area contributed by atoms with Crippen LogP contribution < -0.4 is 14.8 Å². The van der Waals surface area contributed by atoms with E-state index in [1.165, 1.54) is 18.2 Å². The summed E-state index contributed by atoms with van der Waals surface area (Å²) in [5.41, 5.74) is 1.55. The normalized spacial score (nSPS) is 10.8. The number of amides is 1. The molecule has 28 heavy (non-hydrogen) atoms. The molecule has 3 rings (SSSR count). The van der Waals surface area contributed by atoms with Crippen LogP contribution in [0.1, 0.15) is 11.3 Å². The van der Waals surface area contributed by atoms with Gasteiger partial charge in [-0.1, -0.05) is 0 Å². The van der Waals surface area contributed by atoms with Gasteiger partial charge in [0.05, 0.1) is 20.8 Å². The zero-order chi connectivity index (χ0) is 19.9. The average Bonchev–Trinajstić information content (AvgIpc) is 3.20. The molecule has 2 aromatic carbocycles. The molecular weight excluding hydrogens is 361 g/mol. The molecule has 1 amide bonds. The van der Waals surface area contributed by atoms with Crippen LogP contribution in [0, 0.1) is 5.82 Å². The van der Waals surface area contributed by atoms with Crippen molar-refractivity contribution in [1.82, 2.24) is 5.32 Å². The number of benzene rings is 2.